The standard InChI is InChI=1S/C14H12F6O3/c15-12(16)14(19,20)23-10-3-1-8(2-4-10)11(21)22-6-5-9-7-13(9,17)18/h1-4,9,12H,5-7H2. The SMILES string of the molecule is O=C(OCCC1CC1(F)F)c1ccc(OC(F)(F)C(F)F)cc1. The third-order valence-electron chi connectivity index (χ3n) is 3.25. The van der Waals surface area contributed by atoms with Crippen molar-refractivity contribution in [3.8, 4) is 5.75 Å². The normalized spacial score (nSPS) is 19.5. The first-order valence-electron chi connectivity index (χ1n) is 6.62. The van der Waals surface area contributed by atoms with Crippen molar-refractivity contribution < 1.29 is 40.6 Å². The number of esters is 1. The van der Waals surface area contributed by atoms with E-state index >= 15 is 0 Å². The maximum absolute atomic E-state index is 12.7. The number of carbonyl (C=O) groups excluding carboxylic acids is 1. The highest BCUT2D eigenvalue weighted by molar-refractivity contribution is 5.89. The molecule has 2 rings (SSSR count). The van der Waals surface area contributed by atoms with Gasteiger partial charge in [0.1, 0.15) is 5.75 Å². The van der Waals surface area contributed by atoms with Crippen molar-refractivity contribution in [3.63, 3.8) is 0 Å². The van der Waals surface area contributed by atoms with Crippen LogP contribution in [-0.4, -0.2) is 31.0 Å². The zero-order chi connectivity index (χ0) is 17.3. The van der Waals surface area contributed by atoms with Crippen LogP contribution in [0.4, 0.5) is 26.3 Å². The minimum atomic E-state index is -4.64. The van der Waals surface area contributed by atoms with E-state index in [0.717, 1.165) is 24.3 Å². The van der Waals surface area contributed by atoms with Gasteiger partial charge in [-0.1, -0.05) is 0 Å². The molecule has 0 amide bonds. The molecule has 1 fully saturated rings. The lowest BCUT2D eigenvalue weighted by Gasteiger charge is -2.16. The Balaban J connectivity index is 1.83. The Morgan fingerprint density at radius 3 is 2.30 bits per heavy atom. The third-order valence-corrected chi connectivity index (χ3v) is 3.25. The van der Waals surface area contributed by atoms with Crippen LogP contribution >= 0.6 is 0 Å². The summed E-state index contributed by atoms with van der Waals surface area (Å²) in [7, 11) is 0. The van der Waals surface area contributed by atoms with E-state index in [1.165, 1.54) is 0 Å². The number of alkyl halides is 6. The second-order valence-corrected chi connectivity index (χ2v) is 5.08. The highest BCUT2D eigenvalue weighted by atomic mass is 19.3. The van der Waals surface area contributed by atoms with Gasteiger partial charge in [-0.05, 0) is 30.7 Å². The molecular formula is C14H12F6O3. The van der Waals surface area contributed by atoms with Crippen molar-refractivity contribution in [1.29, 1.82) is 0 Å². The van der Waals surface area contributed by atoms with Gasteiger partial charge in [0.15, 0.2) is 0 Å². The molecule has 0 radical (unpaired) electrons. The fourth-order valence-corrected chi connectivity index (χ4v) is 1.82. The molecule has 9 heteroatoms. The van der Waals surface area contributed by atoms with Gasteiger partial charge >= 0.3 is 18.5 Å². The van der Waals surface area contributed by atoms with Crippen LogP contribution in [0.3, 0.4) is 0 Å². The van der Waals surface area contributed by atoms with Crippen LogP contribution in [0.2, 0.25) is 0 Å². The van der Waals surface area contributed by atoms with Gasteiger partial charge in [0, 0.05) is 12.3 Å². The average Bonchev–Trinajstić information content (AvgIpc) is 3.06. The van der Waals surface area contributed by atoms with E-state index in [4.69, 9.17) is 4.74 Å². The highest BCUT2D eigenvalue weighted by Crippen LogP contribution is 2.50. The zero-order valence-corrected chi connectivity index (χ0v) is 11.6. The number of hydrogen-bond acceptors (Lipinski definition) is 3. The molecule has 0 heterocycles. The Bertz CT molecular complexity index is 558. The number of rotatable bonds is 7. The number of halogens is 6. The Labute approximate surface area is 127 Å². The van der Waals surface area contributed by atoms with E-state index in [1.54, 1.807) is 0 Å². The lowest BCUT2D eigenvalue weighted by molar-refractivity contribution is -0.253. The van der Waals surface area contributed by atoms with Crippen LogP contribution < -0.4 is 4.74 Å². The van der Waals surface area contributed by atoms with Gasteiger partial charge in [-0.3, -0.25) is 0 Å². The van der Waals surface area contributed by atoms with E-state index in [1.807, 2.05) is 0 Å². The van der Waals surface area contributed by atoms with Crippen molar-refractivity contribution in [2.24, 2.45) is 5.92 Å². The zero-order valence-electron chi connectivity index (χ0n) is 11.6. The first kappa shape index (κ1) is 17.4. The molecule has 0 bridgehead atoms. The smallest absolute Gasteiger partial charge is 0.461 e. The molecule has 23 heavy (non-hydrogen) atoms. The second-order valence-electron chi connectivity index (χ2n) is 5.08. The van der Waals surface area contributed by atoms with Gasteiger partial charge in [-0.25, -0.2) is 13.6 Å². The summed E-state index contributed by atoms with van der Waals surface area (Å²) in [6.07, 6.45) is -8.83. The molecule has 3 nitrogen and oxygen atoms in total. The number of benzene rings is 1. The maximum Gasteiger partial charge on any atom is 0.461 e. The number of ether oxygens (including phenoxy) is 2. The van der Waals surface area contributed by atoms with E-state index in [9.17, 15) is 31.1 Å². The molecule has 0 aromatic heterocycles. The Morgan fingerprint density at radius 2 is 1.83 bits per heavy atom. The lowest BCUT2D eigenvalue weighted by Crippen LogP contribution is -2.33. The number of hydrogen-bond donors (Lipinski definition) is 0. The van der Waals surface area contributed by atoms with Crippen LogP contribution in [0.15, 0.2) is 24.3 Å². The largest absolute Gasteiger partial charge is 0.462 e. The molecule has 1 aliphatic rings. The van der Waals surface area contributed by atoms with Crippen molar-refractivity contribution >= 4 is 5.97 Å². The molecule has 0 spiro atoms. The molecule has 128 valence electrons. The van der Waals surface area contributed by atoms with Gasteiger partial charge in [0.2, 0.25) is 0 Å². The summed E-state index contributed by atoms with van der Waals surface area (Å²) in [5, 5.41) is 0. The topological polar surface area (TPSA) is 35.5 Å². The van der Waals surface area contributed by atoms with Crippen molar-refractivity contribution in [3.05, 3.63) is 29.8 Å². The molecule has 1 saturated carbocycles. The fourth-order valence-electron chi connectivity index (χ4n) is 1.82. The second kappa shape index (κ2) is 6.29. The third kappa shape index (κ3) is 4.52. The Morgan fingerprint density at radius 1 is 1.26 bits per heavy atom. The molecule has 0 saturated heterocycles. The van der Waals surface area contributed by atoms with Crippen LogP contribution in [0.5, 0.6) is 5.75 Å². The van der Waals surface area contributed by atoms with E-state index < -0.39 is 36.1 Å². The first-order valence-corrected chi connectivity index (χ1v) is 6.62. The molecule has 1 atom stereocenters. The summed E-state index contributed by atoms with van der Waals surface area (Å²) >= 11 is 0. The minimum Gasteiger partial charge on any atom is -0.462 e. The Hall–Kier alpha value is -1.93. The van der Waals surface area contributed by atoms with Gasteiger partial charge < -0.3 is 9.47 Å². The van der Waals surface area contributed by atoms with E-state index in [-0.39, 0.29) is 25.0 Å². The van der Waals surface area contributed by atoms with Gasteiger partial charge in [-0.15, -0.1) is 0 Å². The molecular weight excluding hydrogens is 330 g/mol. The van der Waals surface area contributed by atoms with E-state index in [2.05, 4.69) is 4.74 Å². The van der Waals surface area contributed by atoms with Crippen LogP contribution in [-0.2, 0) is 4.74 Å². The molecule has 0 aliphatic heterocycles. The van der Waals surface area contributed by atoms with Crippen molar-refractivity contribution in [2.75, 3.05) is 6.61 Å². The molecule has 1 unspecified atom stereocenters. The van der Waals surface area contributed by atoms with Gasteiger partial charge in [0.05, 0.1) is 12.2 Å². The quantitative estimate of drug-likeness (QED) is 0.552. The summed E-state index contributed by atoms with van der Waals surface area (Å²) in [5.74, 6) is -4.87. The fraction of sp³-hybridized carbons (Fsp3) is 0.500. The molecule has 0 N–H and O–H groups in total. The summed E-state index contributed by atoms with van der Waals surface area (Å²) in [6, 6.07) is 3.90. The summed E-state index contributed by atoms with van der Waals surface area (Å²) in [4.78, 5) is 11.6. The van der Waals surface area contributed by atoms with Crippen molar-refractivity contribution in [2.45, 2.75) is 31.3 Å². The number of carbonyl (C=O) groups is 1. The predicted octanol–water partition coefficient (Wildman–Crippen LogP) is 4.13. The minimum absolute atomic E-state index is 0.0283. The summed E-state index contributed by atoms with van der Waals surface area (Å²) in [5.41, 5.74) is -0.0414. The van der Waals surface area contributed by atoms with Crippen LogP contribution in [0, 0.1) is 5.92 Å². The lowest BCUT2D eigenvalue weighted by atomic mass is 10.2. The predicted molar refractivity (Wildman–Crippen MR) is 66.0 cm³/mol. The van der Waals surface area contributed by atoms with Crippen LogP contribution in [0.25, 0.3) is 0 Å². The first-order chi connectivity index (χ1) is 10.6. The van der Waals surface area contributed by atoms with Crippen LogP contribution in [0.1, 0.15) is 23.2 Å². The Kier molecular flexibility index (Phi) is 4.76. The molecule has 1 aliphatic carbocycles. The van der Waals surface area contributed by atoms with E-state index in [0.29, 0.717) is 0 Å². The molecule has 1 aromatic carbocycles. The molecule has 1 aromatic rings. The summed E-state index contributed by atoms with van der Waals surface area (Å²) < 4.78 is 83.1. The monoisotopic (exact) mass is 342 g/mol. The van der Waals surface area contributed by atoms with Crippen molar-refractivity contribution in [1.82, 2.24) is 0 Å². The average molecular weight is 342 g/mol. The maximum atomic E-state index is 12.7. The van der Waals surface area contributed by atoms with Gasteiger partial charge in [0.25, 0.3) is 5.92 Å². The summed E-state index contributed by atoms with van der Waals surface area (Å²) in [6.45, 7) is -0.194. The highest BCUT2D eigenvalue weighted by Gasteiger charge is 2.56. The van der Waals surface area contributed by atoms with Gasteiger partial charge in [-0.2, -0.15) is 17.6 Å².